The molecular formula is C11H13BrN2O3S. The third-order valence-corrected chi connectivity index (χ3v) is 5.02. The number of halogens is 1. The molecule has 0 bridgehead atoms. The number of sulfone groups is 1. The summed E-state index contributed by atoms with van der Waals surface area (Å²) in [4.78, 5) is 13.6. The zero-order chi connectivity index (χ0) is 13.3. The summed E-state index contributed by atoms with van der Waals surface area (Å²) in [6.07, 6.45) is 0.214. The molecule has 0 saturated heterocycles. The largest absolute Gasteiger partial charge is 0.330 e. The first-order valence-electron chi connectivity index (χ1n) is 5.48. The zero-order valence-corrected chi connectivity index (χ0v) is 12.0. The third-order valence-electron chi connectivity index (χ3n) is 2.79. The molecule has 0 radical (unpaired) electrons. The lowest BCUT2D eigenvalue weighted by molar-refractivity contribution is -0.118. The van der Waals surface area contributed by atoms with Gasteiger partial charge in [0.15, 0.2) is 9.84 Å². The molecule has 1 heterocycles. The van der Waals surface area contributed by atoms with E-state index in [1.807, 2.05) is 0 Å². The van der Waals surface area contributed by atoms with Crippen LogP contribution >= 0.6 is 15.9 Å². The molecule has 1 aromatic carbocycles. The van der Waals surface area contributed by atoms with Crippen molar-refractivity contribution < 1.29 is 13.2 Å². The van der Waals surface area contributed by atoms with Gasteiger partial charge in [-0.3, -0.25) is 4.79 Å². The van der Waals surface area contributed by atoms with Crippen molar-refractivity contribution in [1.29, 1.82) is 0 Å². The Kier molecular flexibility index (Phi) is 3.74. The van der Waals surface area contributed by atoms with E-state index in [1.54, 1.807) is 12.1 Å². The summed E-state index contributed by atoms with van der Waals surface area (Å²) in [5.41, 5.74) is 5.80. The molecule has 2 rings (SSSR count). The maximum Gasteiger partial charge on any atom is 0.228 e. The van der Waals surface area contributed by atoms with Crippen LogP contribution in [-0.4, -0.2) is 33.2 Å². The van der Waals surface area contributed by atoms with E-state index >= 15 is 0 Å². The van der Waals surface area contributed by atoms with Crippen molar-refractivity contribution in [2.75, 3.05) is 23.7 Å². The van der Waals surface area contributed by atoms with Gasteiger partial charge in [-0.05, 0) is 18.2 Å². The van der Waals surface area contributed by atoms with E-state index in [9.17, 15) is 13.2 Å². The van der Waals surface area contributed by atoms with Gasteiger partial charge in [-0.2, -0.15) is 0 Å². The number of rotatable bonds is 2. The minimum absolute atomic E-state index is 0.0437. The van der Waals surface area contributed by atoms with E-state index in [-0.39, 0.29) is 36.1 Å². The molecule has 1 amide bonds. The van der Waals surface area contributed by atoms with E-state index < -0.39 is 9.84 Å². The summed E-state index contributed by atoms with van der Waals surface area (Å²) in [7, 11) is -3.29. The first kappa shape index (κ1) is 13.5. The normalized spacial score (nSPS) is 17.3. The third kappa shape index (κ3) is 2.43. The van der Waals surface area contributed by atoms with Crippen LogP contribution in [-0.2, 0) is 14.6 Å². The molecule has 1 aliphatic rings. The van der Waals surface area contributed by atoms with Crippen molar-refractivity contribution in [3.63, 3.8) is 0 Å². The minimum Gasteiger partial charge on any atom is -0.330 e. The van der Waals surface area contributed by atoms with Gasteiger partial charge in [0.25, 0.3) is 0 Å². The molecule has 0 unspecified atom stereocenters. The Bertz CT molecular complexity index is 586. The van der Waals surface area contributed by atoms with E-state index in [0.717, 1.165) is 4.47 Å². The second-order valence-corrected chi connectivity index (χ2v) is 7.01. The number of nitrogens with two attached hydrogens (primary N) is 1. The fourth-order valence-corrected chi connectivity index (χ4v) is 3.68. The minimum atomic E-state index is -3.29. The molecular weight excluding hydrogens is 320 g/mol. The number of hydrogen-bond donors (Lipinski definition) is 1. The Morgan fingerprint density at radius 2 is 2.17 bits per heavy atom. The number of amides is 1. The van der Waals surface area contributed by atoms with E-state index in [0.29, 0.717) is 5.69 Å². The average molecular weight is 333 g/mol. The molecule has 98 valence electrons. The Balaban J connectivity index is 2.51. The van der Waals surface area contributed by atoms with Crippen molar-refractivity contribution in [2.45, 2.75) is 11.3 Å². The van der Waals surface area contributed by atoms with Crippen LogP contribution < -0.4 is 10.6 Å². The van der Waals surface area contributed by atoms with Crippen LogP contribution in [0.3, 0.4) is 0 Å². The van der Waals surface area contributed by atoms with Gasteiger partial charge in [0.05, 0.1) is 16.3 Å². The van der Waals surface area contributed by atoms with Gasteiger partial charge in [-0.25, -0.2) is 8.42 Å². The van der Waals surface area contributed by atoms with Crippen molar-refractivity contribution in [2.24, 2.45) is 5.73 Å². The molecule has 2 N–H and O–H groups in total. The Hall–Kier alpha value is -0.920. The number of benzene rings is 1. The molecule has 1 aromatic rings. The van der Waals surface area contributed by atoms with Gasteiger partial charge in [0, 0.05) is 24.0 Å². The molecule has 0 atom stereocenters. The molecule has 0 saturated carbocycles. The van der Waals surface area contributed by atoms with Gasteiger partial charge < -0.3 is 10.6 Å². The van der Waals surface area contributed by atoms with Gasteiger partial charge in [0.2, 0.25) is 5.91 Å². The highest BCUT2D eigenvalue weighted by Crippen LogP contribution is 2.33. The predicted molar refractivity (Wildman–Crippen MR) is 72.2 cm³/mol. The fraction of sp³-hybridized carbons (Fsp3) is 0.364. The van der Waals surface area contributed by atoms with Gasteiger partial charge in [0.1, 0.15) is 0 Å². The molecule has 18 heavy (non-hydrogen) atoms. The van der Waals surface area contributed by atoms with Crippen molar-refractivity contribution in [3.05, 3.63) is 22.7 Å². The van der Waals surface area contributed by atoms with E-state index in [2.05, 4.69) is 15.9 Å². The number of anilines is 1. The lowest BCUT2D eigenvalue weighted by Crippen LogP contribution is -2.40. The topological polar surface area (TPSA) is 80.5 Å². The maximum atomic E-state index is 11.9. The Labute approximate surface area is 114 Å². The first-order chi connectivity index (χ1) is 8.45. The standard InChI is InChI=1S/C11H13BrN2O3S/c12-8-1-2-10-9(7-8)14(11(15)3-4-13)5-6-18(10,16)17/h1-2,7H,3-6,13H2. The molecule has 0 aromatic heterocycles. The van der Waals surface area contributed by atoms with E-state index in [4.69, 9.17) is 5.73 Å². The monoisotopic (exact) mass is 332 g/mol. The van der Waals surface area contributed by atoms with Crippen molar-refractivity contribution in [1.82, 2.24) is 0 Å². The number of carbonyl (C=O) groups excluding carboxylic acids is 1. The lowest BCUT2D eigenvalue weighted by Gasteiger charge is -2.29. The summed E-state index contributed by atoms with van der Waals surface area (Å²) in [6, 6.07) is 4.84. The fourth-order valence-electron chi connectivity index (χ4n) is 1.92. The van der Waals surface area contributed by atoms with E-state index in [1.165, 1.54) is 11.0 Å². The molecule has 0 aliphatic carbocycles. The summed E-state index contributed by atoms with van der Waals surface area (Å²) in [5.74, 6) is -0.190. The molecule has 0 fully saturated rings. The van der Waals surface area contributed by atoms with Crippen LogP contribution in [0.4, 0.5) is 5.69 Å². The Morgan fingerprint density at radius 3 is 2.83 bits per heavy atom. The summed E-state index contributed by atoms with van der Waals surface area (Å²) >= 11 is 3.29. The number of fused-ring (bicyclic) bond motifs is 1. The first-order valence-corrected chi connectivity index (χ1v) is 7.93. The van der Waals surface area contributed by atoms with Gasteiger partial charge >= 0.3 is 0 Å². The summed E-state index contributed by atoms with van der Waals surface area (Å²) in [5, 5.41) is 0. The van der Waals surface area contributed by atoms with Crippen molar-refractivity contribution in [3.8, 4) is 0 Å². The number of nitrogens with zero attached hydrogens (tertiary/aromatic N) is 1. The predicted octanol–water partition coefficient (Wildman–Crippen LogP) is 0.918. The highest BCUT2D eigenvalue weighted by atomic mass is 79.9. The quantitative estimate of drug-likeness (QED) is 0.873. The van der Waals surface area contributed by atoms with Crippen LogP contribution in [0.2, 0.25) is 0 Å². The van der Waals surface area contributed by atoms with Crippen LogP contribution in [0.1, 0.15) is 6.42 Å². The lowest BCUT2D eigenvalue weighted by atomic mass is 10.2. The highest BCUT2D eigenvalue weighted by molar-refractivity contribution is 9.10. The number of hydrogen-bond acceptors (Lipinski definition) is 4. The Morgan fingerprint density at radius 1 is 1.44 bits per heavy atom. The van der Waals surface area contributed by atoms with Crippen LogP contribution in [0, 0.1) is 0 Å². The van der Waals surface area contributed by atoms with Crippen LogP contribution in [0.15, 0.2) is 27.6 Å². The zero-order valence-electron chi connectivity index (χ0n) is 9.60. The molecule has 7 heteroatoms. The SMILES string of the molecule is NCCC(=O)N1CCS(=O)(=O)c2ccc(Br)cc21. The second-order valence-electron chi connectivity index (χ2n) is 4.01. The van der Waals surface area contributed by atoms with Crippen LogP contribution in [0.5, 0.6) is 0 Å². The smallest absolute Gasteiger partial charge is 0.228 e. The summed E-state index contributed by atoms with van der Waals surface area (Å²) in [6.45, 7) is 0.441. The molecule has 1 aliphatic heterocycles. The highest BCUT2D eigenvalue weighted by Gasteiger charge is 2.31. The summed E-state index contributed by atoms with van der Waals surface area (Å²) < 4.78 is 24.6. The molecule has 0 spiro atoms. The maximum absolute atomic E-state index is 11.9. The van der Waals surface area contributed by atoms with Crippen molar-refractivity contribution >= 4 is 37.4 Å². The second kappa shape index (κ2) is 4.99. The van der Waals surface area contributed by atoms with Gasteiger partial charge in [-0.1, -0.05) is 15.9 Å². The van der Waals surface area contributed by atoms with Gasteiger partial charge in [-0.15, -0.1) is 0 Å². The van der Waals surface area contributed by atoms with Crippen LogP contribution in [0.25, 0.3) is 0 Å². The average Bonchev–Trinajstić information content (AvgIpc) is 2.28. The number of carbonyl (C=O) groups is 1. The molecule has 5 nitrogen and oxygen atoms in total.